The average Bonchev–Trinajstić information content (AvgIpc) is 3.35. The third kappa shape index (κ3) is 4.65. The normalized spacial score (nSPS) is 19.3. The first kappa shape index (κ1) is 20.8. The lowest BCUT2D eigenvalue weighted by atomic mass is 10.1. The predicted molar refractivity (Wildman–Crippen MR) is 111 cm³/mol. The number of hydrogen-bond donors (Lipinski definition) is 2. The van der Waals surface area contributed by atoms with E-state index in [0.717, 1.165) is 29.7 Å². The highest BCUT2D eigenvalue weighted by Gasteiger charge is 2.32. The van der Waals surface area contributed by atoms with Crippen LogP contribution in [0.5, 0.6) is 5.75 Å². The Hall–Kier alpha value is -2.46. The zero-order valence-corrected chi connectivity index (χ0v) is 17.7. The molecule has 2 heterocycles. The molecule has 2 N–H and O–H groups in total. The Kier molecular flexibility index (Phi) is 5.79. The second-order valence-corrected chi connectivity index (χ2v) is 10.8. The number of fused-ring (bicyclic) bond motifs is 1. The molecule has 1 aromatic heterocycles. The number of carbonyl (C=O) groups is 2. The van der Waals surface area contributed by atoms with Crippen molar-refractivity contribution >= 4 is 38.0 Å². The number of benzene rings is 1. The number of halogens is 1. The van der Waals surface area contributed by atoms with E-state index in [4.69, 9.17) is 4.74 Å². The lowest BCUT2D eigenvalue weighted by Gasteiger charge is -2.13. The van der Waals surface area contributed by atoms with Crippen molar-refractivity contribution < 1.29 is 27.1 Å². The van der Waals surface area contributed by atoms with Crippen LogP contribution in [0, 0.1) is 5.82 Å². The van der Waals surface area contributed by atoms with E-state index in [9.17, 15) is 22.4 Å². The molecule has 10 heteroatoms. The molecule has 4 rings (SSSR count). The summed E-state index contributed by atoms with van der Waals surface area (Å²) in [6.07, 6.45) is 2.94. The number of ether oxygens (including phenoxy) is 1. The fraction of sp³-hybridized carbons (Fsp3) is 0.400. The Labute approximate surface area is 177 Å². The maximum atomic E-state index is 13.0. The SMILES string of the molecule is O=C(COc1ccc(F)cc1)Nc1sc2c(c1C(=O)N[C@H]1CCS(=O)(=O)C1)CCC2. The van der Waals surface area contributed by atoms with Crippen molar-refractivity contribution in [1.82, 2.24) is 5.32 Å². The molecule has 1 saturated heterocycles. The van der Waals surface area contributed by atoms with Gasteiger partial charge in [0.15, 0.2) is 16.4 Å². The fourth-order valence-corrected chi connectivity index (χ4v) is 6.72. The van der Waals surface area contributed by atoms with Crippen LogP contribution in [0.1, 0.15) is 33.6 Å². The summed E-state index contributed by atoms with van der Waals surface area (Å²) in [7, 11) is -3.11. The summed E-state index contributed by atoms with van der Waals surface area (Å²) in [4.78, 5) is 26.4. The maximum absolute atomic E-state index is 13.0. The summed E-state index contributed by atoms with van der Waals surface area (Å²) in [6, 6.07) is 4.92. The van der Waals surface area contributed by atoms with E-state index < -0.39 is 27.6 Å². The Morgan fingerprint density at radius 2 is 1.97 bits per heavy atom. The minimum Gasteiger partial charge on any atom is -0.484 e. The van der Waals surface area contributed by atoms with Gasteiger partial charge in [0.05, 0.1) is 17.1 Å². The smallest absolute Gasteiger partial charge is 0.262 e. The van der Waals surface area contributed by atoms with Crippen molar-refractivity contribution in [1.29, 1.82) is 0 Å². The molecule has 2 amide bonds. The number of carbonyl (C=O) groups excluding carboxylic acids is 2. The summed E-state index contributed by atoms with van der Waals surface area (Å²) in [5.41, 5.74) is 1.35. The Morgan fingerprint density at radius 3 is 2.67 bits per heavy atom. The zero-order chi connectivity index (χ0) is 21.3. The quantitative estimate of drug-likeness (QED) is 0.700. The van der Waals surface area contributed by atoms with Gasteiger partial charge in [0.1, 0.15) is 16.6 Å². The van der Waals surface area contributed by atoms with Crippen LogP contribution in [0.4, 0.5) is 9.39 Å². The molecule has 0 saturated carbocycles. The molecule has 7 nitrogen and oxygen atoms in total. The number of thiophene rings is 1. The highest BCUT2D eigenvalue weighted by atomic mass is 32.2. The Bertz CT molecular complexity index is 1080. The first-order chi connectivity index (χ1) is 14.3. The second-order valence-electron chi connectivity index (χ2n) is 7.43. The van der Waals surface area contributed by atoms with Gasteiger partial charge in [-0.15, -0.1) is 11.3 Å². The third-order valence-corrected chi connectivity index (χ3v) is 8.13. The van der Waals surface area contributed by atoms with Crippen molar-refractivity contribution in [3.05, 3.63) is 46.1 Å². The lowest BCUT2D eigenvalue weighted by Crippen LogP contribution is -2.36. The number of rotatable bonds is 6. The van der Waals surface area contributed by atoms with E-state index in [-0.39, 0.29) is 24.0 Å². The van der Waals surface area contributed by atoms with E-state index in [1.54, 1.807) is 0 Å². The highest BCUT2D eigenvalue weighted by molar-refractivity contribution is 7.91. The molecule has 1 aromatic carbocycles. The number of sulfone groups is 1. The highest BCUT2D eigenvalue weighted by Crippen LogP contribution is 2.39. The van der Waals surface area contributed by atoms with Gasteiger partial charge in [-0.25, -0.2) is 12.8 Å². The molecule has 1 fully saturated rings. The molecule has 0 unspecified atom stereocenters. The van der Waals surface area contributed by atoms with Gasteiger partial charge in [-0.2, -0.15) is 0 Å². The largest absolute Gasteiger partial charge is 0.484 e. The summed E-state index contributed by atoms with van der Waals surface area (Å²) in [5.74, 6) is -0.809. The minimum absolute atomic E-state index is 0.0573. The van der Waals surface area contributed by atoms with Gasteiger partial charge in [-0.3, -0.25) is 9.59 Å². The van der Waals surface area contributed by atoms with E-state index in [2.05, 4.69) is 10.6 Å². The summed E-state index contributed by atoms with van der Waals surface area (Å²) in [5, 5.41) is 6.01. The van der Waals surface area contributed by atoms with E-state index >= 15 is 0 Å². The Morgan fingerprint density at radius 1 is 1.20 bits per heavy atom. The van der Waals surface area contributed by atoms with Crippen molar-refractivity contribution in [2.45, 2.75) is 31.7 Å². The van der Waals surface area contributed by atoms with Crippen molar-refractivity contribution in [3.63, 3.8) is 0 Å². The molecule has 2 aliphatic rings. The van der Waals surface area contributed by atoms with Crippen LogP contribution in [0.15, 0.2) is 24.3 Å². The molecule has 30 heavy (non-hydrogen) atoms. The van der Waals surface area contributed by atoms with Gasteiger partial charge >= 0.3 is 0 Å². The van der Waals surface area contributed by atoms with E-state index in [1.165, 1.54) is 35.6 Å². The van der Waals surface area contributed by atoms with Crippen LogP contribution in [0.3, 0.4) is 0 Å². The summed E-state index contributed by atoms with van der Waals surface area (Å²) >= 11 is 1.37. The third-order valence-electron chi connectivity index (χ3n) is 5.15. The van der Waals surface area contributed by atoms with Gasteiger partial charge < -0.3 is 15.4 Å². The van der Waals surface area contributed by atoms with Gasteiger partial charge in [-0.1, -0.05) is 0 Å². The second kappa shape index (κ2) is 8.35. The number of aryl methyl sites for hydroxylation is 1. The van der Waals surface area contributed by atoms with Crippen LogP contribution in [-0.4, -0.2) is 44.4 Å². The molecular weight excluding hydrogens is 431 g/mol. The zero-order valence-electron chi connectivity index (χ0n) is 16.1. The van der Waals surface area contributed by atoms with Crippen LogP contribution < -0.4 is 15.4 Å². The maximum Gasteiger partial charge on any atom is 0.262 e. The summed E-state index contributed by atoms with van der Waals surface area (Å²) < 4.78 is 41.7. The number of anilines is 1. The van der Waals surface area contributed by atoms with Gasteiger partial charge in [0, 0.05) is 10.9 Å². The minimum atomic E-state index is -3.11. The first-order valence-electron chi connectivity index (χ1n) is 9.65. The van der Waals surface area contributed by atoms with Crippen molar-refractivity contribution in [3.8, 4) is 5.75 Å². The van der Waals surface area contributed by atoms with Gasteiger partial charge in [-0.05, 0) is 55.5 Å². The van der Waals surface area contributed by atoms with Crippen LogP contribution in [-0.2, 0) is 27.5 Å². The molecule has 2 aromatic rings. The van der Waals surface area contributed by atoms with E-state index in [0.29, 0.717) is 22.7 Å². The van der Waals surface area contributed by atoms with Gasteiger partial charge in [0.2, 0.25) is 0 Å². The van der Waals surface area contributed by atoms with Crippen molar-refractivity contribution in [2.24, 2.45) is 0 Å². The first-order valence-corrected chi connectivity index (χ1v) is 12.3. The number of amides is 2. The molecule has 1 aliphatic heterocycles. The molecule has 1 aliphatic carbocycles. The van der Waals surface area contributed by atoms with Crippen molar-refractivity contribution in [2.75, 3.05) is 23.4 Å². The predicted octanol–water partition coefficient (Wildman–Crippen LogP) is 2.31. The van der Waals surface area contributed by atoms with Crippen LogP contribution in [0.2, 0.25) is 0 Å². The average molecular weight is 453 g/mol. The van der Waals surface area contributed by atoms with Gasteiger partial charge in [0.25, 0.3) is 11.8 Å². The molecular formula is C20H21FN2O5S2. The number of nitrogens with one attached hydrogen (secondary N) is 2. The molecule has 0 bridgehead atoms. The molecule has 0 spiro atoms. The molecule has 0 radical (unpaired) electrons. The number of hydrogen-bond acceptors (Lipinski definition) is 6. The van der Waals surface area contributed by atoms with Crippen LogP contribution >= 0.6 is 11.3 Å². The standard InChI is InChI=1S/C20H21FN2O5S2/c21-12-4-6-14(7-5-12)28-10-17(24)23-20-18(15-2-1-3-16(15)29-20)19(25)22-13-8-9-30(26,27)11-13/h4-7,13H,1-3,8-11H2,(H,22,25)(H,23,24)/t13-/m0/s1. The molecule has 1 atom stereocenters. The van der Waals surface area contributed by atoms with Crippen LogP contribution in [0.25, 0.3) is 0 Å². The monoisotopic (exact) mass is 452 g/mol. The summed E-state index contributed by atoms with van der Waals surface area (Å²) in [6.45, 7) is -0.282. The lowest BCUT2D eigenvalue weighted by molar-refractivity contribution is -0.118. The fourth-order valence-electron chi connectivity index (χ4n) is 3.74. The van der Waals surface area contributed by atoms with E-state index in [1.807, 2.05) is 0 Å². The Balaban J connectivity index is 1.45. The topological polar surface area (TPSA) is 102 Å². The molecule has 160 valence electrons.